The Morgan fingerprint density at radius 1 is 1.15 bits per heavy atom. The lowest BCUT2D eigenvalue weighted by Gasteiger charge is -2.37. The zero-order valence-corrected chi connectivity index (χ0v) is 17.9. The summed E-state index contributed by atoms with van der Waals surface area (Å²) >= 11 is 0. The summed E-state index contributed by atoms with van der Waals surface area (Å²) in [6.07, 6.45) is 4.20. The summed E-state index contributed by atoms with van der Waals surface area (Å²) in [5.41, 5.74) is -0.624. The molecule has 0 heterocycles. The van der Waals surface area contributed by atoms with Crippen LogP contribution in [0.3, 0.4) is 0 Å². The van der Waals surface area contributed by atoms with Gasteiger partial charge in [0.15, 0.2) is 0 Å². The predicted molar refractivity (Wildman–Crippen MR) is 103 cm³/mol. The molecule has 8 nitrogen and oxygen atoms in total. The van der Waals surface area contributed by atoms with Crippen LogP contribution in [0.15, 0.2) is 0 Å². The topological polar surface area (TPSA) is 102 Å². The third kappa shape index (κ3) is 9.95. The quantitative estimate of drug-likeness (QED) is 0.621. The summed E-state index contributed by atoms with van der Waals surface area (Å²) in [4.78, 5) is 25.9. The van der Waals surface area contributed by atoms with Gasteiger partial charge in [0.05, 0.1) is 12.9 Å². The Bertz CT molecular complexity index is 591. The molecule has 9 heteroatoms. The first-order valence-corrected chi connectivity index (χ1v) is 11.4. The van der Waals surface area contributed by atoms with Crippen LogP contribution in [-0.2, 0) is 24.3 Å². The maximum Gasteiger partial charge on any atom is 0.410 e. The van der Waals surface area contributed by atoms with E-state index in [0.717, 1.165) is 31.9 Å². The Balaban J connectivity index is 2.67. The van der Waals surface area contributed by atoms with Gasteiger partial charge < -0.3 is 14.4 Å². The third-order valence-electron chi connectivity index (χ3n) is 4.36. The minimum absolute atomic E-state index is 0.0281. The summed E-state index contributed by atoms with van der Waals surface area (Å²) < 4.78 is 35.5. The minimum atomic E-state index is -3.32. The van der Waals surface area contributed by atoms with E-state index in [-0.39, 0.29) is 31.0 Å². The highest BCUT2D eigenvalue weighted by Gasteiger charge is 2.32. The number of amides is 1. The molecule has 0 aromatic carbocycles. The molecule has 0 aromatic rings. The van der Waals surface area contributed by atoms with Crippen molar-refractivity contribution in [2.24, 2.45) is 5.92 Å². The summed E-state index contributed by atoms with van der Waals surface area (Å²) in [6, 6.07) is -0.0281. The van der Waals surface area contributed by atoms with E-state index in [2.05, 4.69) is 4.72 Å². The lowest BCUT2D eigenvalue weighted by atomic mass is 9.83. The molecule has 0 spiro atoms. The molecule has 1 aliphatic carbocycles. The third-order valence-corrected chi connectivity index (χ3v) is 5.09. The fourth-order valence-electron chi connectivity index (χ4n) is 3.21. The Kier molecular flexibility index (Phi) is 9.01. The van der Waals surface area contributed by atoms with Gasteiger partial charge in [0, 0.05) is 25.6 Å². The fraction of sp³-hybridized carbons (Fsp3) is 0.889. The molecule has 1 N–H and O–H groups in total. The van der Waals surface area contributed by atoms with Gasteiger partial charge in [0.1, 0.15) is 5.60 Å². The van der Waals surface area contributed by atoms with Crippen molar-refractivity contribution in [3.8, 4) is 0 Å². The number of carbonyl (C=O) groups excluding carboxylic acids is 2. The number of carbonyl (C=O) groups is 2. The first-order chi connectivity index (χ1) is 12.4. The fourth-order valence-corrected chi connectivity index (χ4v) is 3.67. The molecule has 1 fully saturated rings. The molecular weight excluding hydrogens is 372 g/mol. The van der Waals surface area contributed by atoms with E-state index in [0.29, 0.717) is 13.0 Å². The zero-order chi connectivity index (χ0) is 20.7. The lowest BCUT2D eigenvalue weighted by Crippen LogP contribution is -2.48. The molecule has 158 valence electrons. The summed E-state index contributed by atoms with van der Waals surface area (Å²) in [7, 11) is -3.32. The molecule has 1 rings (SSSR count). The molecule has 1 saturated carbocycles. The van der Waals surface area contributed by atoms with Crippen LogP contribution in [0.25, 0.3) is 0 Å². The largest absolute Gasteiger partial charge is 0.466 e. The van der Waals surface area contributed by atoms with E-state index in [1.165, 1.54) is 0 Å². The second-order valence-electron chi connectivity index (χ2n) is 8.02. The van der Waals surface area contributed by atoms with Crippen LogP contribution in [0.4, 0.5) is 4.79 Å². The van der Waals surface area contributed by atoms with Gasteiger partial charge in [-0.25, -0.2) is 17.9 Å². The van der Waals surface area contributed by atoms with Crippen molar-refractivity contribution in [2.45, 2.75) is 71.4 Å². The molecule has 0 atom stereocenters. The van der Waals surface area contributed by atoms with Crippen molar-refractivity contribution in [1.82, 2.24) is 9.62 Å². The standard InChI is InChI=1S/C18H34N2O6S/c1-6-25-16(21)13-14-7-9-15(10-8-14)20(12-11-19-27(5,23)24)17(22)26-18(2,3)4/h14-15,19H,6-13H2,1-5H3. The number of hydrogen-bond acceptors (Lipinski definition) is 6. The van der Waals surface area contributed by atoms with E-state index in [1.54, 1.807) is 32.6 Å². The number of sulfonamides is 1. The number of rotatable bonds is 8. The van der Waals surface area contributed by atoms with Gasteiger partial charge in [0.25, 0.3) is 0 Å². The van der Waals surface area contributed by atoms with Crippen LogP contribution in [0, 0.1) is 5.92 Å². The number of hydrogen-bond donors (Lipinski definition) is 1. The van der Waals surface area contributed by atoms with Gasteiger partial charge in [0.2, 0.25) is 10.0 Å². The Hall–Kier alpha value is -1.35. The van der Waals surface area contributed by atoms with Gasteiger partial charge in [-0.05, 0) is 59.3 Å². The highest BCUT2D eigenvalue weighted by Crippen LogP contribution is 2.30. The van der Waals surface area contributed by atoms with Crippen LogP contribution in [0.1, 0.15) is 59.8 Å². The highest BCUT2D eigenvalue weighted by molar-refractivity contribution is 7.88. The molecule has 0 aliphatic heterocycles. The summed E-state index contributed by atoms with van der Waals surface area (Å²) in [6.45, 7) is 7.96. The molecule has 0 bridgehead atoms. The molecule has 0 saturated heterocycles. The van der Waals surface area contributed by atoms with Gasteiger partial charge in [-0.3, -0.25) is 4.79 Å². The van der Waals surface area contributed by atoms with E-state index < -0.39 is 21.7 Å². The van der Waals surface area contributed by atoms with E-state index in [1.807, 2.05) is 0 Å². The van der Waals surface area contributed by atoms with Crippen LogP contribution < -0.4 is 4.72 Å². The Morgan fingerprint density at radius 2 is 1.74 bits per heavy atom. The molecule has 0 unspecified atom stereocenters. The van der Waals surface area contributed by atoms with Crippen LogP contribution >= 0.6 is 0 Å². The predicted octanol–water partition coefficient (Wildman–Crippen LogP) is 2.28. The smallest absolute Gasteiger partial charge is 0.410 e. The van der Waals surface area contributed by atoms with Crippen molar-refractivity contribution >= 4 is 22.1 Å². The van der Waals surface area contributed by atoms with E-state index >= 15 is 0 Å². The SMILES string of the molecule is CCOC(=O)CC1CCC(N(CCNS(C)(=O)=O)C(=O)OC(C)(C)C)CC1. The van der Waals surface area contributed by atoms with Crippen molar-refractivity contribution in [1.29, 1.82) is 0 Å². The van der Waals surface area contributed by atoms with Crippen LogP contribution in [0.2, 0.25) is 0 Å². The van der Waals surface area contributed by atoms with Crippen molar-refractivity contribution in [2.75, 3.05) is 26.0 Å². The van der Waals surface area contributed by atoms with Crippen LogP contribution in [0.5, 0.6) is 0 Å². The minimum Gasteiger partial charge on any atom is -0.466 e. The van der Waals surface area contributed by atoms with Crippen molar-refractivity contribution < 1.29 is 27.5 Å². The van der Waals surface area contributed by atoms with Gasteiger partial charge >= 0.3 is 12.1 Å². The van der Waals surface area contributed by atoms with E-state index in [9.17, 15) is 18.0 Å². The molecular formula is C18H34N2O6S. The Morgan fingerprint density at radius 3 is 2.22 bits per heavy atom. The maximum absolute atomic E-state index is 12.6. The monoisotopic (exact) mass is 406 g/mol. The van der Waals surface area contributed by atoms with Crippen molar-refractivity contribution in [3.63, 3.8) is 0 Å². The molecule has 1 aliphatic rings. The molecule has 0 aromatic heterocycles. The number of esters is 1. The maximum atomic E-state index is 12.6. The zero-order valence-electron chi connectivity index (χ0n) is 17.1. The van der Waals surface area contributed by atoms with Gasteiger partial charge in [-0.2, -0.15) is 0 Å². The first-order valence-electron chi connectivity index (χ1n) is 9.51. The van der Waals surface area contributed by atoms with Gasteiger partial charge in [-0.15, -0.1) is 0 Å². The average molecular weight is 407 g/mol. The van der Waals surface area contributed by atoms with Crippen molar-refractivity contribution in [3.05, 3.63) is 0 Å². The molecule has 0 radical (unpaired) electrons. The summed E-state index contributed by atoms with van der Waals surface area (Å²) in [5.74, 6) is 0.0808. The Labute approximate surface area is 163 Å². The normalized spacial score (nSPS) is 20.8. The average Bonchev–Trinajstić information content (AvgIpc) is 2.50. The van der Waals surface area contributed by atoms with E-state index in [4.69, 9.17) is 9.47 Å². The number of nitrogens with zero attached hydrogens (tertiary/aromatic N) is 1. The summed E-state index contributed by atoms with van der Waals surface area (Å²) in [5, 5.41) is 0. The molecule has 1 amide bonds. The second kappa shape index (κ2) is 10.3. The second-order valence-corrected chi connectivity index (χ2v) is 9.86. The molecule has 27 heavy (non-hydrogen) atoms. The number of nitrogens with one attached hydrogen (secondary N) is 1. The van der Waals surface area contributed by atoms with Crippen LogP contribution in [-0.4, -0.2) is 63.0 Å². The van der Waals surface area contributed by atoms with Gasteiger partial charge in [-0.1, -0.05) is 0 Å². The number of ether oxygens (including phenoxy) is 2. The first kappa shape index (κ1) is 23.7. The highest BCUT2D eigenvalue weighted by atomic mass is 32.2. The lowest BCUT2D eigenvalue weighted by molar-refractivity contribution is -0.144.